The first-order valence-corrected chi connectivity index (χ1v) is 6.44. The molecule has 0 saturated carbocycles. The standard InChI is InChI=1S/C16H16N2O3/c1-11(19)14-4-2-3-5-15(14)18-16(20)10-21-13-8-6-12(17)7-9-13/h2-9H,10,17H2,1H3,(H,18,20). The highest BCUT2D eigenvalue weighted by Crippen LogP contribution is 2.16. The zero-order valence-electron chi connectivity index (χ0n) is 11.6. The van der Waals surface area contributed by atoms with Gasteiger partial charge in [0.15, 0.2) is 12.4 Å². The summed E-state index contributed by atoms with van der Waals surface area (Å²) in [5.41, 5.74) is 7.14. The number of ether oxygens (including phenoxy) is 1. The smallest absolute Gasteiger partial charge is 0.262 e. The van der Waals surface area contributed by atoms with E-state index in [0.717, 1.165) is 0 Å². The topological polar surface area (TPSA) is 81.4 Å². The molecule has 0 spiro atoms. The second-order valence-electron chi connectivity index (χ2n) is 4.51. The molecule has 108 valence electrons. The van der Waals surface area contributed by atoms with E-state index in [2.05, 4.69) is 5.32 Å². The molecule has 0 unspecified atom stereocenters. The molecule has 2 aromatic carbocycles. The Balaban J connectivity index is 1.96. The van der Waals surface area contributed by atoms with Crippen LogP contribution >= 0.6 is 0 Å². The lowest BCUT2D eigenvalue weighted by Gasteiger charge is -2.10. The highest BCUT2D eigenvalue weighted by atomic mass is 16.5. The zero-order chi connectivity index (χ0) is 15.2. The van der Waals surface area contributed by atoms with Crippen molar-refractivity contribution in [3.8, 4) is 5.75 Å². The molecule has 0 aromatic heterocycles. The Kier molecular flexibility index (Phi) is 4.56. The molecule has 0 atom stereocenters. The Hall–Kier alpha value is -2.82. The fourth-order valence-electron chi connectivity index (χ4n) is 1.80. The molecular formula is C16H16N2O3. The molecule has 0 aliphatic heterocycles. The number of ketones is 1. The van der Waals surface area contributed by atoms with Crippen molar-refractivity contribution in [2.45, 2.75) is 6.92 Å². The summed E-state index contributed by atoms with van der Waals surface area (Å²) < 4.78 is 5.34. The maximum atomic E-state index is 11.9. The van der Waals surface area contributed by atoms with Crippen LogP contribution in [0.5, 0.6) is 5.75 Å². The summed E-state index contributed by atoms with van der Waals surface area (Å²) in [6.45, 7) is 1.31. The van der Waals surface area contributed by atoms with E-state index in [4.69, 9.17) is 10.5 Å². The molecule has 21 heavy (non-hydrogen) atoms. The van der Waals surface area contributed by atoms with E-state index in [9.17, 15) is 9.59 Å². The Labute approximate surface area is 122 Å². The van der Waals surface area contributed by atoms with Crippen molar-refractivity contribution in [3.63, 3.8) is 0 Å². The number of hydrogen-bond acceptors (Lipinski definition) is 4. The van der Waals surface area contributed by atoms with Gasteiger partial charge in [-0.2, -0.15) is 0 Å². The second kappa shape index (κ2) is 6.56. The van der Waals surface area contributed by atoms with E-state index in [-0.39, 0.29) is 18.3 Å². The van der Waals surface area contributed by atoms with Crippen molar-refractivity contribution in [1.82, 2.24) is 0 Å². The quantitative estimate of drug-likeness (QED) is 0.653. The number of nitrogen functional groups attached to an aromatic ring is 1. The van der Waals surface area contributed by atoms with Gasteiger partial charge in [0.2, 0.25) is 0 Å². The van der Waals surface area contributed by atoms with E-state index in [1.165, 1.54) is 6.92 Å². The number of carbonyl (C=O) groups excluding carboxylic acids is 2. The van der Waals surface area contributed by atoms with E-state index in [1.54, 1.807) is 48.5 Å². The van der Waals surface area contributed by atoms with Gasteiger partial charge in [0.1, 0.15) is 5.75 Å². The maximum Gasteiger partial charge on any atom is 0.262 e. The van der Waals surface area contributed by atoms with Crippen molar-refractivity contribution in [1.29, 1.82) is 0 Å². The van der Waals surface area contributed by atoms with Gasteiger partial charge in [-0.05, 0) is 43.3 Å². The number of Topliss-reactive ketones (excluding diaryl/α,β-unsaturated/α-hetero) is 1. The molecule has 2 aromatic rings. The number of para-hydroxylation sites is 1. The van der Waals surface area contributed by atoms with Crippen LogP contribution in [0.2, 0.25) is 0 Å². The van der Waals surface area contributed by atoms with Gasteiger partial charge in [-0.3, -0.25) is 9.59 Å². The van der Waals surface area contributed by atoms with E-state index < -0.39 is 0 Å². The van der Waals surface area contributed by atoms with Crippen LogP contribution in [0.25, 0.3) is 0 Å². The predicted octanol–water partition coefficient (Wildman–Crippen LogP) is 2.49. The Morgan fingerprint density at radius 2 is 1.76 bits per heavy atom. The zero-order valence-corrected chi connectivity index (χ0v) is 11.6. The minimum atomic E-state index is -0.333. The molecule has 0 aliphatic rings. The molecule has 0 fully saturated rings. The highest BCUT2D eigenvalue weighted by molar-refractivity contribution is 6.03. The average Bonchev–Trinajstić information content (AvgIpc) is 2.47. The fraction of sp³-hybridized carbons (Fsp3) is 0.125. The molecule has 5 nitrogen and oxygen atoms in total. The number of anilines is 2. The van der Waals surface area contributed by atoms with Crippen LogP contribution in [-0.2, 0) is 4.79 Å². The molecular weight excluding hydrogens is 268 g/mol. The van der Waals surface area contributed by atoms with Crippen LogP contribution in [0, 0.1) is 0 Å². The third kappa shape index (κ3) is 4.07. The van der Waals surface area contributed by atoms with E-state index in [1.807, 2.05) is 0 Å². The van der Waals surface area contributed by atoms with Crippen molar-refractivity contribution in [2.75, 3.05) is 17.7 Å². The van der Waals surface area contributed by atoms with Crippen LogP contribution in [0.1, 0.15) is 17.3 Å². The molecule has 0 aliphatic carbocycles. The first-order valence-electron chi connectivity index (χ1n) is 6.44. The summed E-state index contributed by atoms with van der Waals surface area (Å²) in [4.78, 5) is 23.3. The summed E-state index contributed by atoms with van der Waals surface area (Å²) in [7, 11) is 0. The molecule has 1 amide bonds. The number of hydrogen-bond donors (Lipinski definition) is 2. The normalized spacial score (nSPS) is 9.95. The van der Waals surface area contributed by atoms with Gasteiger partial charge in [-0.15, -0.1) is 0 Å². The van der Waals surface area contributed by atoms with Gasteiger partial charge in [-0.1, -0.05) is 12.1 Å². The SMILES string of the molecule is CC(=O)c1ccccc1NC(=O)COc1ccc(N)cc1. The lowest BCUT2D eigenvalue weighted by atomic mass is 10.1. The molecule has 0 radical (unpaired) electrons. The first kappa shape index (κ1) is 14.6. The Bertz CT molecular complexity index is 651. The summed E-state index contributed by atoms with van der Waals surface area (Å²) in [5.74, 6) is 0.116. The van der Waals surface area contributed by atoms with Crippen molar-refractivity contribution >= 4 is 23.1 Å². The third-order valence-electron chi connectivity index (χ3n) is 2.83. The van der Waals surface area contributed by atoms with Gasteiger partial charge in [0.05, 0.1) is 5.69 Å². The summed E-state index contributed by atoms with van der Waals surface area (Å²) in [5, 5.41) is 2.66. The lowest BCUT2D eigenvalue weighted by molar-refractivity contribution is -0.118. The second-order valence-corrected chi connectivity index (χ2v) is 4.51. The Morgan fingerprint density at radius 1 is 1.10 bits per heavy atom. The van der Waals surface area contributed by atoms with Crippen LogP contribution in [-0.4, -0.2) is 18.3 Å². The summed E-state index contributed by atoms with van der Waals surface area (Å²) in [6, 6.07) is 13.6. The van der Waals surface area contributed by atoms with Crippen molar-refractivity contribution in [2.24, 2.45) is 0 Å². The van der Waals surface area contributed by atoms with Gasteiger partial charge < -0.3 is 15.8 Å². The first-order chi connectivity index (χ1) is 10.1. The number of benzene rings is 2. The predicted molar refractivity (Wildman–Crippen MR) is 81.4 cm³/mol. The van der Waals surface area contributed by atoms with E-state index in [0.29, 0.717) is 22.7 Å². The average molecular weight is 284 g/mol. The monoisotopic (exact) mass is 284 g/mol. The molecule has 0 saturated heterocycles. The number of nitrogens with two attached hydrogens (primary N) is 1. The molecule has 0 bridgehead atoms. The Morgan fingerprint density at radius 3 is 2.43 bits per heavy atom. The third-order valence-corrected chi connectivity index (χ3v) is 2.83. The highest BCUT2D eigenvalue weighted by Gasteiger charge is 2.10. The molecule has 2 rings (SSSR count). The van der Waals surface area contributed by atoms with Crippen LogP contribution < -0.4 is 15.8 Å². The van der Waals surface area contributed by atoms with Crippen molar-refractivity contribution in [3.05, 3.63) is 54.1 Å². The minimum absolute atomic E-state index is 0.106. The van der Waals surface area contributed by atoms with E-state index >= 15 is 0 Å². The molecule has 5 heteroatoms. The van der Waals surface area contributed by atoms with Gasteiger partial charge in [-0.25, -0.2) is 0 Å². The van der Waals surface area contributed by atoms with Crippen LogP contribution in [0.4, 0.5) is 11.4 Å². The lowest BCUT2D eigenvalue weighted by Crippen LogP contribution is -2.21. The number of carbonyl (C=O) groups is 2. The van der Waals surface area contributed by atoms with Crippen molar-refractivity contribution < 1.29 is 14.3 Å². The molecule has 0 heterocycles. The molecule has 3 N–H and O–H groups in total. The largest absolute Gasteiger partial charge is 0.484 e. The van der Waals surface area contributed by atoms with Gasteiger partial charge in [0.25, 0.3) is 5.91 Å². The van der Waals surface area contributed by atoms with Gasteiger partial charge in [0, 0.05) is 11.3 Å². The van der Waals surface area contributed by atoms with Crippen LogP contribution in [0.3, 0.4) is 0 Å². The number of nitrogens with one attached hydrogen (secondary N) is 1. The minimum Gasteiger partial charge on any atom is -0.484 e. The fourth-order valence-corrected chi connectivity index (χ4v) is 1.80. The number of amides is 1. The number of rotatable bonds is 5. The van der Waals surface area contributed by atoms with Crippen LogP contribution in [0.15, 0.2) is 48.5 Å². The van der Waals surface area contributed by atoms with Gasteiger partial charge >= 0.3 is 0 Å². The maximum absolute atomic E-state index is 11.9. The summed E-state index contributed by atoms with van der Waals surface area (Å²) in [6.07, 6.45) is 0. The summed E-state index contributed by atoms with van der Waals surface area (Å²) >= 11 is 0.